The predicted octanol–water partition coefficient (Wildman–Crippen LogP) is 2.10. The summed E-state index contributed by atoms with van der Waals surface area (Å²) in [5.74, 6) is 0. The molecule has 0 atom stereocenters. The van der Waals surface area contributed by atoms with Gasteiger partial charge in [0.1, 0.15) is 0 Å². The molecule has 4 aromatic rings. The number of benzene rings is 2. The first-order valence-electron chi connectivity index (χ1n) is 8.28. The molecule has 0 saturated heterocycles. The van der Waals surface area contributed by atoms with E-state index in [2.05, 4.69) is 41.4 Å². The van der Waals surface area contributed by atoms with Crippen molar-refractivity contribution >= 4 is 33.6 Å². The average Bonchev–Trinajstić information content (AvgIpc) is 3.46. The third kappa shape index (κ3) is 4.13. The number of thioether (sulfide) groups is 2. The van der Waals surface area contributed by atoms with Gasteiger partial charge in [-0.25, -0.2) is 0 Å². The Kier molecular flexibility index (Phi) is 5.95. The summed E-state index contributed by atoms with van der Waals surface area (Å²) in [5.41, 5.74) is 1.43. The van der Waals surface area contributed by atoms with Crippen LogP contribution in [0.1, 0.15) is 0 Å². The average molecular weight is 440 g/mol. The Morgan fingerprint density at radius 3 is 1.43 bits per heavy atom. The van der Waals surface area contributed by atoms with E-state index in [4.69, 9.17) is 0 Å². The summed E-state index contributed by atoms with van der Waals surface area (Å²) in [4.78, 5) is 0. The highest BCUT2D eigenvalue weighted by Crippen LogP contribution is 2.27. The maximum atomic E-state index is 9.53. The third-order valence-corrected chi connectivity index (χ3v) is 5.56. The second-order valence-electron chi connectivity index (χ2n) is 5.43. The van der Waals surface area contributed by atoms with Crippen LogP contribution in [0, 0.1) is 0 Å². The zero-order valence-corrected chi connectivity index (χ0v) is 16.6. The number of para-hydroxylation sites is 2. The normalized spacial score (nSPS) is 12.3. The first kappa shape index (κ1) is 19.5. The van der Waals surface area contributed by atoms with Crippen LogP contribution >= 0.6 is 23.5 Å². The van der Waals surface area contributed by atoms with Crippen LogP contribution in [-0.2, 0) is 0 Å². The van der Waals surface area contributed by atoms with Crippen molar-refractivity contribution in [3.63, 3.8) is 0 Å². The standard InChI is InChI=1S/C16H12N10O2S2/c27-19-13(29-15-17-21-23-25(15)11-7-3-1-4-8-11)14(20-28)30-16-18-22-24-26(16)12-9-5-2-6-10-12/h1-10,27-28H. The molecule has 0 unspecified atom stereocenters. The first-order valence-corrected chi connectivity index (χ1v) is 9.91. The highest BCUT2D eigenvalue weighted by molar-refractivity contribution is 8.25. The van der Waals surface area contributed by atoms with Gasteiger partial charge < -0.3 is 10.4 Å². The number of hydrogen-bond donors (Lipinski definition) is 2. The van der Waals surface area contributed by atoms with Crippen LogP contribution in [0.25, 0.3) is 11.4 Å². The number of aromatic nitrogens is 8. The van der Waals surface area contributed by atoms with Crippen LogP contribution in [0.15, 0.2) is 81.3 Å². The van der Waals surface area contributed by atoms with Crippen molar-refractivity contribution in [1.29, 1.82) is 0 Å². The summed E-state index contributed by atoms with van der Waals surface area (Å²) in [6.45, 7) is 0. The van der Waals surface area contributed by atoms with Gasteiger partial charge in [0.25, 0.3) is 0 Å². The molecule has 0 saturated carbocycles. The van der Waals surface area contributed by atoms with Crippen molar-refractivity contribution < 1.29 is 10.4 Å². The molecule has 0 radical (unpaired) electrons. The van der Waals surface area contributed by atoms with Crippen LogP contribution in [0.3, 0.4) is 0 Å². The van der Waals surface area contributed by atoms with Crippen LogP contribution < -0.4 is 0 Å². The molecule has 14 heteroatoms. The number of rotatable bonds is 4. The van der Waals surface area contributed by atoms with E-state index < -0.39 is 0 Å². The lowest BCUT2D eigenvalue weighted by Crippen LogP contribution is -2.11. The van der Waals surface area contributed by atoms with E-state index in [1.807, 2.05) is 60.7 Å². The van der Waals surface area contributed by atoms with E-state index >= 15 is 0 Å². The Hall–Kier alpha value is -3.78. The molecule has 0 bridgehead atoms. The Balaban J connectivity index is 1.58. The molecule has 12 nitrogen and oxygen atoms in total. The van der Waals surface area contributed by atoms with Crippen LogP contribution in [0.5, 0.6) is 0 Å². The van der Waals surface area contributed by atoms with Crippen LogP contribution in [-0.4, -0.2) is 60.9 Å². The molecule has 0 fully saturated rings. The van der Waals surface area contributed by atoms with Gasteiger partial charge in [0.15, 0.2) is 10.1 Å². The smallest absolute Gasteiger partial charge is 0.220 e. The molecule has 0 aliphatic rings. The highest BCUT2D eigenvalue weighted by Gasteiger charge is 2.22. The topological polar surface area (TPSA) is 152 Å². The lowest BCUT2D eigenvalue weighted by molar-refractivity contribution is 0.316. The van der Waals surface area contributed by atoms with Crippen LogP contribution in [0.2, 0.25) is 0 Å². The van der Waals surface area contributed by atoms with Crippen molar-refractivity contribution in [3.05, 3.63) is 60.7 Å². The number of nitrogens with zero attached hydrogens (tertiary/aromatic N) is 10. The summed E-state index contributed by atoms with van der Waals surface area (Å²) in [6, 6.07) is 18.4. The van der Waals surface area contributed by atoms with E-state index in [0.717, 1.165) is 23.5 Å². The first-order chi connectivity index (χ1) is 14.8. The summed E-state index contributed by atoms with van der Waals surface area (Å²) in [6.07, 6.45) is 0. The quantitative estimate of drug-likeness (QED) is 0.159. The van der Waals surface area contributed by atoms with Crippen molar-refractivity contribution in [2.45, 2.75) is 10.3 Å². The second-order valence-corrected chi connectivity index (χ2v) is 7.34. The second kappa shape index (κ2) is 9.15. The van der Waals surface area contributed by atoms with E-state index in [-0.39, 0.29) is 10.1 Å². The molecular weight excluding hydrogens is 428 g/mol. The maximum absolute atomic E-state index is 9.53. The predicted molar refractivity (Wildman–Crippen MR) is 108 cm³/mol. The monoisotopic (exact) mass is 440 g/mol. The Morgan fingerprint density at radius 1 is 0.667 bits per heavy atom. The fourth-order valence-electron chi connectivity index (χ4n) is 2.33. The molecule has 4 rings (SSSR count). The van der Waals surface area contributed by atoms with Gasteiger partial charge in [-0.15, -0.1) is 10.2 Å². The third-order valence-electron chi connectivity index (χ3n) is 3.62. The van der Waals surface area contributed by atoms with E-state index in [0.29, 0.717) is 21.7 Å². The zero-order valence-electron chi connectivity index (χ0n) is 15.0. The van der Waals surface area contributed by atoms with Gasteiger partial charge in [-0.05, 0) is 68.6 Å². The largest absolute Gasteiger partial charge is 0.410 e. The fraction of sp³-hybridized carbons (Fsp3) is 0. The van der Waals surface area contributed by atoms with Gasteiger partial charge in [0.05, 0.1) is 11.4 Å². The van der Waals surface area contributed by atoms with Gasteiger partial charge in [0, 0.05) is 0 Å². The fourth-order valence-corrected chi connectivity index (χ4v) is 3.88. The molecule has 0 aliphatic carbocycles. The SMILES string of the molecule is ON=C(Sc1nnnn1-c1ccccc1)C(=NO)Sc1nnnn1-c1ccccc1. The lowest BCUT2D eigenvalue weighted by atomic mass is 10.3. The Morgan fingerprint density at radius 2 is 1.07 bits per heavy atom. The Labute approximate surface area is 177 Å². The lowest BCUT2D eigenvalue weighted by Gasteiger charge is -2.07. The molecule has 2 aromatic heterocycles. The summed E-state index contributed by atoms with van der Waals surface area (Å²) >= 11 is 1.82. The summed E-state index contributed by atoms with van der Waals surface area (Å²) in [5, 5.41) is 49.1. The van der Waals surface area contributed by atoms with Crippen molar-refractivity contribution in [2.75, 3.05) is 0 Å². The minimum absolute atomic E-state index is 0.0444. The summed E-state index contributed by atoms with van der Waals surface area (Å²) < 4.78 is 2.92. The van der Waals surface area contributed by atoms with E-state index in [1.165, 1.54) is 9.36 Å². The van der Waals surface area contributed by atoms with E-state index in [1.54, 1.807) is 0 Å². The van der Waals surface area contributed by atoms with Gasteiger partial charge in [-0.2, -0.15) is 9.36 Å². The van der Waals surface area contributed by atoms with Gasteiger partial charge in [0.2, 0.25) is 10.3 Å². The van der Waals surface area contributed by atoms with Crippen molar-refractivity contribution in [2.24, 2.45) is 10.3 Å². The van der Waals surface area contributed by atoms with E-state index in [9.17, 15) is 10.4 Å². The maximum Gasteiger partial charge on any atom is 0.220 e. The number of hydrogen-bond acceptors (Lipinski definition) is 12. The molecule has 2 aromatic carbocycles. The number of oxime groups is 2. The van der Waals surface area contributed by atoms with Gasteiger partial charge in [-0.3, -0.25) is 0 Å². The number of tetrazole rings is 2. The molecule has 30 heavy (non-hydrogen) atoms. The molecule has 2 N–H and O–H groups in total. The van der Waals surface area contributed by atoms with Gasteiger partial charge in [-0.1, -0.05) is 46.7 Å². The van der Waals surface area contributed by atoms with Crippen molar-refractivity contribution in [1.82, 2.24) is 40.4 Å². The molecule has 0 aliphatic heterocycles. The highest BCUT2D eigenvalue weighted by atomic mass is 32.2. The molecule has 0 spiro atoms. The minimum atomic E-state index is -0.0444. The van der Waals surface area contributed by atoms with Gasteiger partial charge >= 0.3 is 0 Å². The molecule has 150 valence electrons. The summed E-state index contributed by atoms with van der Waals surface area (Å²) in [7, 11) is 0. The molecular formula is C16H12N10O2S2. The zero-order chi connectivity index (χ0) is 20.8. The Bertz CT molecular complexity index is 1080. The molecule has 0 amide bonds. The van der Waals surface area contributed by atoms with Crippen molar-refractivity contribution in [3.8, 4) is 11.4 Å². The molecule has 2 heterocycles. The van der Waals surface area contributed by atoms with Crippen LogP contribution in [0.4, 0.5) is 0 Å². The minimum Gasteiger partial charge on any atom is -0.410 e.